The third-order valence-electron chi connectivity index (χ3n) is 3.69. The lowest BCUT2D eigenvalue weighted by Gasteiger charge is -2.15. The molecule has 1 N–H and O–H groups in total. The van der Waals surface area contributed by atoms with Crippen molar-refractivity contribution >= 4 is 0 Å². The van der Waals surface area contributed by atoms with Gasteiger partial charge in [0.1, 0.15) is 12.4 Å². The maximum atomic E-state index is 5.92. The molecule has 1 saturated heterocycles. The maximum Gasteiger partial charge on any atom is 0.220 e. The molecule has 3 rings (SSSR count). The van der Waals surface area contributed by atoms with E-state index in [4.69, 9.17) is 9.47 Å². The fourth-order valence-electron chi connectivity index (χ4n) is 2.70. The first kappa shape index (κ1) is 12.8. The summed E-state index contributed by atoms with van der Waals surface area (Å²) in [6.07, 6.45) is 4.35. The van der Waals surface area contributed by atoms with E-state index in [0.29, 0.717) is 6.61 Å². The molecule has 1 unspecified atom stereocenters. The molecule has 5 heteroatoms. The molecule has 0 bridgehead atoms. The predicted octanol–water partition coefficient (Wildman–Crippen LogP) is 1.03. The van der Waals surface area contributed by atoms with Crippen LogP contribution in [-0.4, -0.2) is 42.4 Å². The summed E-state index contributed by atoms with van der Waals surface area (Å²) < 4.78 is 11.5. The minimum Gasteiger partial charge on any atom is -0.475 e. The summed E-state index contributed by atoms with van der Waals surface area (Å²) in [5.41, 5.74) is 2.31. The Labute approximate surface area is 113 Å². The zero-order valence-electron chi connectivity index (χ0n) is 11.4. The summed E-state index contributed by atoms with van der Waals surface area (Å²) in [7, 11) is 0. The van der Waals surface area contributed by atoms with Gasteiger partial charge in [0.15, 0.2) is 0 Å². The van der Waals surface area contributed by atoms with Crippen molar-refractivity contribution in [3.05, 3.63) is 17.1 Å². The lowest BCUT2D eigenvalue weighted by molar-refractivity contribution is 0.0658. The number of ether oxygens (including phenoxy) is 2. The molecule has 2 aliphatic heterocycles. The number of nitrogens with zero attached hydrogens (tertiary/aromatic N) is 2. The van der Waals surface area contributed by atoms with E-state index in [-0.39, 0.29) is 6.10 Å². The predicted molar refractivity (Wildman–Crippen MR) is 71.5 cm³/mol. The van der Waals surface area contributed by atoms with Crippen LogP contribution in [0.3, 0.4) is 0 Å². The van der Waals surface area contributed by atoms with Crippen LogP contribution in [0.15, 0.2) is 0 Å². The van der Waals surface area contributed by atoms with Crippen molar-refractivity contribution in [2.45, 2.75) is 38.7 Å². The van der Waals surface area contributed by atoms with Gasteiger partial charge in [-0.2, -0.15) is 4.98 Å². The normalized spacial score (nSPS) is 22.9. The monoisotopic (exact) mass is 263 g/mol. The molecule has 0 radical (unpaired) electrons. The molecule has 0 saturated carbocycles. The first-order valence-corrected chi connectivity index (χ1v) is 7.14. The number of rotatable bonds is 3. The third kappa shape index (κ3) is 3.04. The molecule has 104 valence electrons. The fourth-order valence-corrected chi connectivity index (χ4v) is 2.70. The average Bonchev–Trinajstić information content (AvgIpc) is 2.80. The zero-order chi connectivity index (χ0) is 13.1. The minimum atomic E-state index is 0.231. The smallest absolute Gasteiger partial charge is 0.220 e. The molecule has 2 aliphatic rings. The summed E-state index contributed by atoms with van der Waals surface area (Å²) in [5, 5.41) is 3.39. The summed E-state index contributed by atoms with van der Waals surface area (Å²) in [5.74, 6) is 1.56. The van der Waals surface area contributed by atoms with Gasteiger partial charge in [-0.3, -0.25) is 0 Å². The summed E-state index contributed by atoms with van der Waals surface area (Å²) >= 11 is 0. The van der Waals surface area contributed by atoms with Crippen molar-refractivity contribution in [1.29, 1.82) is 0 Å². The van der Waals surface area contributed by atoms with Gasteiger partial charge in [0.25, 0.3) is 0 Å². The van der Waals surface area contributed by atoms with Crippen molar-refractivity contribution < 1.29 is 9.47 Å². The molecule has 3 heterocycles. The van der Waals surface area contributed by atoms with Crippen LogP contribution in [0.1, 0.15) is 29.9 Å². The highest BCUT2D eigenvalue weighted by atomic mass is 16.5. The quantitative estimate of drug-likeness (QED) is 0.882. The Balaban J connectivity index is 1.77. The molecule has 19 heavy (non-hydrogen) atoms. The first-order chi connectivity index (χ1) is 9.33. The van der Waals surface area contributed by atoms with E-state index >= 15 is 0 Å². The maximum absolute atomic E-state index is 5.92. The molecule has 5 nitrogen and oxygen atoms in total. The van der Waals surface area contributed by atoms with Crippen LogP contribution in [0.5, 0.6) is 5.88 Å². The topological polar surface area (TPSA) is 56.3 Å². The van der Waals surface area contributed by atoms with Gasteiger partial charge in [-0.25, -0.2) is 4.98 Å². The molecule has 1 fully saturated rings. The van der Waals surface area contributed by atoms with Crippen molar-refractivity contribution in [3.63, 3.8) is 0 Å². The molecular weight excluding hydrogens is 242 g/mol. The third-order valence-corrected chi connectivity index (χ3v) is 3.69. The van der Waals surface area contributed by atoms with Gasteiger partial charge in [0.2, 0.25) is 5.88 Å². The first-order valence-electron chi connectivity index (χ1n) is 7.14. The highest BCUT2D eigenvalue weighted by Gasteiger charge is 2.20. The minimum absolute atomic E-state index is 0.231. The lowest BCUT2D eigenvalue weighted by atomic mass is 10.1. The molecule has 0 aliphatic carbocycles. The molecule has 1 aromatic heterocycles. The Hall–Kier alpha value is -1.20. The fraction of sp³-hybridized carbons (Fsp3) is 0.714. The number of aromatic nitrogens is 2. The molecular formula is C14H21N3O2. The van der Waals surface area contributed by atoms with Gasteiger partial charge in [0.05, 0.1) is 11.8 Å². The van der Waals surface area contributed by atoms with Gasteiger partial charge in [0, 0.05) is 25.1 Å². The second kappa shape index (κ2) is 5.84. The Morgan fingerprint density at radius 1 is 1.32 bits per heavy atom. The second-order valence-electron chi connectivity index (χ2n) is 5.20. The van der Waals surface area contributed by atoms with E-state index in [0.717, 1.165) is 62.8 Å². The second-order valence-corrected chi connectivity index (χ2v) is 5.20. The van der Waals surface area contributed by atoms with Gasteiger partial charge in [-0.15, -0.1) is 0 Å². The van der Waals surface area contributed by atoms with Crippen molar-refractivity contribution in [2.24, 2.45) is 0 Å². The number of hydrogen-bond acceptors (Lipinski definition) is 5. The Morgan fingerprint density at radius 2 is 2.21 bits per heavy atom. The SMILES string of the molecule is Cc1nc2c(c(OCC3CCCO3)n1)CCNCC2. The van der Waals surface area contributed by atoms with Crippen molar-refractivity contribution in [3.8, 4) is 5.88 Å². The van der Waals surface area contributed by atoms with Gasteiger partial charge < -0.3 is 14.8 Å². The highest BCUT2D eigenvalue weighted by molar-refractivity contribution is 5.32. The molecule has 1 aromatic rings. The highest BCUT2D eigenvalue weighted by Crippen LogP contribution is 2.23. The Bertz CT molecular complexity index is 445. The van der Waals surface area contributed by atoms with E-state index < -0.39 is 0 Å². The lowest BCUT2D eigenvalue weighted by Crippen LogP contribution is -2.18. The number of fused-ring (bicyclic) bond motifs is 1. The molecule has 1 atom stereocenters. The summed E-state index contributed by atoms with van der Waals surface area (Å²) in [4.78, 5) is 9.02. The van der Waals surface area contributed by atoms with E-state index in [1.54, 1.807) is 0 Å². The molecule has 0 amide bonds. The van der Waals surface area contributed by atoms with Gasteiger partial charge in [-0.1, -0.05) is 0 Å². The van der Waals surface area contributed by atoms with Crippen LogP contribution in [0.2, 0.25) is 0 Å². The summed E-state index contributed by atoms with van der Waals surface area (Å²) in [6.45, 7) is 5.34. The summed E-state index contributed by atoms with van der Waals surface area (Å²) in [6, 6.07) is 0. The number of nitrogens with one attached hydrogen (secondary N) is 1. The van der Waals surface area contributed by atoms with Gasteiger partial charge >= 0.3 is 0 Å². The standard InChI is InChI=1S/C14H21N3O2/c1-10-16-13-5-7-15-6-4-12(13)14(17-10)19-9-11-3-2-8-18-11/h11,15H,2-9H2,1H3. The van der Waals surface area contributed by atoms with Crippen LogP contribution in [-0.2, 0) is 17.6 Å². The van der Waals surface area contributed by atoms with Crippen molar-refractivity contribution in [2.75, 3.05) is 26.3 Å². The number of aryl methyl sites for hydroxylation is 1. The Morgan fingerprint density at radius 3 is 3.05 bits per heavy atom. The van der Waals surface area contributed by atoms with E-state index in [1.165, 1.54) is 5.56 Å². The average molecular weight is 263 g/mol. The van der Waals surface area contributed by atoms with Crippen LogP contribution in [0.25, 0.3) is 0 Å². The van der Waals surface area contributed by atoms with Crippen LogP contribution in [0.4, 0.5) is 0 Å². The van der Waals surface area contributed by atoms with Crippen molar-refractivity contribution in [1.82, 2.24) is 15.3 Å². The largest absolute Gasteiger partial charge is 0.475 e. The van der Waals surface area contributed by atoms with E-state index in [1.807, 2.05) is 6.92 Å². The van der Waals surface area contributed by atoms with Gasteiger partial charge in [-0.05, 0) is 32.7 Å². The number of hydrogen-bond donors (Lipinski definition) is 1. The van der Waals surface area contributed by atoms with Crippen LogP contribution in [0, 0.1) is 6.92 Å². The Kier molecular flexibility index (Phi) is 3.94. The van der Waals surface area contributed by atoms with Crippen LogP contribution < -0.4 is 10.1 Å². The molecule has 0 aromatic carbocycles. The molecule has 0 spiro atoms. The van der Waals surface area contributed by atoms with E-state index in [2.05, 4.69) is 15.3 Å². The van der Waals surface area contributed by atoms with E-state index in [9.17, 15) is 0 Å². The van der Waals surface area contributed by atoms with Crippen LogP contribution >= 0.6 is 0 Å². The zero-order valence-corrected chi connectivity index (χ0v) is 11.4.